The molecule has 1 nitrogen and oxygen atoms in total. The van der Waals surface area contributed by atoms with E-state index in [-0.39, 0.29) is 0 Å². The van der Waals surface area contributed by atoms with Crippen LogP contribution in [0.5, 0.6) is 5.75 Å². The molecule has 1 aromatic carbocycles. The second-order valence-electron chi connectivity index (χ2n) is 3.05. The van der Waals surface area contributed by atoms with Gasteiger partial charge in [-0.25, -0.2) is 0 Å². The van der Waals surface area contributed by atoms with E-state index in [0.29, 0.717) is 5.75 Å². The third-order valence-electron chi connectivity index (χ3n) is 1.97. The van der Waals surface area contributed by atoms with Crippen LogP contribution in [0.1, 0.15) is 25.3 Å². The van der Waals surface area contributed by atoms with Crippen LogP contribution < -0.4 is 0 Å². The van der Waals surface area contributed by atoms with Crippen molar-refractivity contribution in [1.82, 2.24) is 0 Å². The highest BCUT2D eigenvalue weighted by Gasteiger charge is 1.96. The summed E-state index contributed by atoms with van der Waals surface area (Å²) in [5, 5.41) is 9.44. The van der Waals surface area contributed by atoms with Crippen LogP contribution in [0.2, 0.25) is 0 Å². The van der Waals surface area contributed by atoms with Crippen LogP contribution in [-0.4, -0.2) is 5.11 Å². The first kappa shape index (κ1) is 9.85. The number of allylic oxidation sites excluding steroid dienone is 2. The van der Waals surface area contributed by atoms with Crippen LogP contribution >= 0.6 is 0 Å². The van der Waals surface area contributed by atoms with Crippen molar-refractivity contribution in [3.63, 3.8) is 0 Å². The molecule has 0 aliphatic carbocycles. The lowest BCUT2D eigenvalue weighted by Crippen LogP contribution is -1.83. The number of para-hydroxylation sites is 1. The van der Waals surface area contributed by atoms with E-state index >= 15 is 0 Å². The molecule has 1 N–H and O–H groups in total. The Kier molecular flexibility index (Phi) is 4.10. The highest BCUT2D eigenvalue weighted by Crippen LogP contribution is 2.17. The molecule has 13 heavy (non-hydrogen) atoms. The molecule has 0 aliphatic heterocycles. The van der Waals surface area contributed by atoms with E-state index in [4.69, 9.17) is 0 Å². The van der Waals surface area contributed by atoms with Gasteiger partial charge in [-0.1, -0.05) is 37.3 Å². The Labute approximate surface area is 79.7 Å². The second-order valence-corrected chi connectivity index (χ2v) is 3.05. The highest BCUT2D eigenvalue weighted by atomic mass is 16.3. The van der Waals surface area contributed by atoms with Gasteiger partial charge in [0.2, 0.25) is 0 Å². The maximum atomic E-state index is 9.44. The molecule has 0 spiro atoms. The van der Waals surface area contributed by atoms with Crippen molar-refractivity contribution in [3.05, 3.63) is 42.0 Å². The van der Waals surface area contributed by atoms with Crippen molar-refractivity contribution >= 4 is 0 Å². The van der Waals surface area contributed by atoms with E-state index in [0.717, 1.165) is 24.8 Å². The topological polar surface area (TPSA) is 20.2 Å². The number of phenols is 1. The Bertz CT molecular complexity index is 276. The van der Waals surface area contributed by atoms with Crippen molar-refractivity contribution in [2.24, 2.45) is 0 Å². The fourth-order valence-corrected chi connectivity index (χ4v) is 1.25. The number of hydrogen-bond acceptors (Lipinski definition) is 1. The summed E-state index contributed by atoms with van der Waals surface area (Å²) < 4.78 is 0. The van der Waals surface area contributed by atoms with Crippen molar-refractivity contribution in [1.29, 1.82) is 0 Å². The van der Waals surface area contributed by atoms with E-state index in [1.165, 1.54) is 0 Å². The van der Waals surface area contributed by atoms with E-state index in [1.54, 1.807) is 6.07 Å². The van der Waals surface area contributed by atoms with Gasteiger partial charge in [0.25, 0.3) is 0 Å². The normalized spacial score (nSPS) is 10.8. The number of phenolic OH excluding ortho intramolecular Hbond substituents is 1. The van der Waals surface area contributed by atoms with Crippen LogP contribution in [-0.2, 0) is 6.42 Å². The second kappa shape index (κ2) is 5.41. The molecular formula is C12H16O. The van der Waals surface area contributed by atoms with Crippen LogP contribution in [0.4, 0.5) is 0 Å². The standard InChI is InChI=1S/C12H16O/c1-2-3-4-5-8-11-9-6-7-10-12(11)13/h3-4,6-7,9-10,13H,2,5,8H2,1H3/b4-3+. The van der Waals surface area contributed by atoms with Crippen molar-refractivity contribution in [2.75, 3.05) is 0 Å². The van der Waals surface area contributed by atoms with E-state index in [9.17, 15) is 5.11 Å². The molecule has 0 aromatic heterocycles. The monoisotopic (exact) mass is 176 g/mol. The molecule has 1 rings (SSSR count). The van der Waals surface area contributed by atoms with Gasteiger partial charge in [0, 0.05) is 0 Å². The summed E-state index contributed by atoms with van der Waals surface area (Å²) in [6.07, 6.45) is 7.32. The molecule has 0 atom stereocenters. The van der Waals surface area contributed by atoms with Gasteiger partial charge < -0.3 is 5.11 Å². The zero-order valence-electron chi connectivity index (χ0n) is 8.03. The van der Waals surface area contributed by atoms with Crippen molar-refractivity contribution in [2.45, 2.75) is 26.2 Å². The molecule has 0 amide bonds. The smallest absolute Gasteiger partial charge is 0.118 e. The lowest BCUT2D eigenvalue weighted by atomic mass is 10.1. The average Bonchev–Trinajstić information content (AvgIpc) is 2.15. The minimum atomic E-state index is 0.410. The molecular weight excluding hydrogens is 160 g/mol. The molecule has 0 aliphatic rings. The quantitative estimate of drug-likeness (QED) is 0.698. The first-order valence-corrected chi connectivity index (χ1v) is 4.76. The van der Waals surface area contributed by atoms with Crippen LogP contribution in [0.25, 0.3) is 0 Å². The summed E-state index contributed by atoms with van der Waals surface area (Å²) in [7, 11) is 0. The Morgan fingerprint density at radius 1 is 1.23 bits per heavy atom. The third-order valence-corrected chi connectivity index (χ3v) is 1.97. The molecule has 0 saturated carbocycles. The van der Waals surface area contributed by atoms with Crippen molar-refractivity contribution < 1.29 is 5.11 Å². The van der Waals surface area contributed by atoms with Crippen molar-refractivity contribution in [3.8, 4) is 5.75 Å². The molecule has 0 saturated heterocycles. The van der Waals surface area contributed by atoms with Gasteiger partial charge in [0.05, 0.1) is 0 Å². The number of aryl methyl sites for hydroxylation is 1. The molecule has 0 radical (unpaired) electrons. The summed E-state index contributed by atoms with van der Waals surface area (Å²) in [6, 6.07) is 7.51. The maximum absolute atomic E-state index is 9.44. The Balaban J connectivity index is 2.45. The minimum absolute atomic E-state index is 0.410. The zero-order chi connectivity index (χ0) is 9.52. The SMILES string of the molecule is CC/C=C/CCc1ccccc1O. The van der Waals surface area contributed by atoms with Gasteiger partial charge in [0.1, 0.15) is 5.75 Å². The Morgan fingerprint density at radius 3 is 2.69 bits per heavy atom. The average molecular weight is 176 g/mol. The molecule has 0 bridgehead atoms. The van der Waals surface area contributed by atoms with Gasteiger partial charge >= 0.3 is 0 Å². The molecule has 1 aromatic rings. The molecule has 0 fully saturated rings. The predicted molar refractivity (Wildman–Crippen MR) is 55.9 cm³/mol. The van der Waals surface area contributed by atoms with Gasteiger partial charge in [0.15, 0.2) is 0 Å². The zero-order valence-corrected chi connectivity index (χ0v) is 8.03. The van der Waals surface area contributed by atoms with Crippen LogP contribution in [0, 0.1) is 0 Å². The summed E-state index contributed by atoms with van der Waals surface area (Å²) in [5.74, 6) is 0.410. The largest absolute Gasteiger partial charge is 0.508 e. The molecule has 0 heterocycles. The van der Waals surface area contributed by atoms with E-state index in [1.807, 2.05) is 18.2 Å². The van der Waals surface area contributed by atoms with Crippen LogP contribution in [0.3, 0.4) is 0 Å². The summed E-state index contributed by atoms with van der Waals surface area (Å²) in [5.41, 5.74) is 1.03. The Morgan fingerprint density at radius 2 is 2.00 bits per heavy atom. The molecule has 1 heteroatoms. The fourth-order valence-electron chi connectivity index (χ4n) is 1.25. The summed E-state index contributed by atoms with van der Waals surface area (Å²) >= 11 is 0. The lowest BCUT2D eigenvalue weighted by Gasteiger charge is -2.00. The van der Waals surface area contributed by atoms with Gasteiger partial charge in [-0.2, -0.15) is 0 Å². The number of benzene rings is 1. The van der Waals surface area contributed by atoms with Gasteiger partial charge in [-0.15, -0.1) is 0 Å². The fraction of sp³-hybridized carbons (Fsp3) is 0.333. The maximum Gasteiger partial charge on any atom is 0.118 e. The van der Waals surface area contributed by atoms with Gasteiger partial charge in [-0.05, 0) is 30.9 Å². The minimum Gasteiger partial charge on any atom is -0.508 e. The number of hydrogen-bond donors (Lipinski definition) is 1. The number of rotatable bonds is 4. The summed E-state index contributed by atoms with van der Waals surface area (Å²) in [6.45, 7) is 2.12. The first-order chi connectivity index (χ1) is 6.34. The van der Waals surface area contributed by atoms with Crippen LogP contribution in [0.15, 0.2) is 36.4 Å². The molecule has 70 valence electrons. The first-order valence-electron chi connectivity index (χ1n) is 4.76. The Hall–Kier alpha value is -1.24. The number of aromatic hydroxyl groups is 1. The highest BCUT2D eigenvalue weighted by molar-refractivity contribution is 5.31. The van der Waals surface area contributed by atoms with E-state index in [2.05, 4.69) is 19.1 Å². The molecule has 0 unspecified atom stereocenters. The lowest BCUT2D eigenvalue weighted by molar-refractivity contribution is 0.468. The van der Waals surface area contributed by atoms with Gasteiger partial charge in [-0.3, -0.25) is 0 Å². The third kappa shape index (κ3) is 3.32. The van der Waals surface area contributed by atoms with E-state index < -0.39 is 0 Å². The predicted octanol–water partition coefficient (Wildman–Crippen LogP) is 3.29. The summed E-state index contributed by atoms with van der Waals surface area (Å²) in [4.78, 5) is 0.